The molecular weight excluding hydrogens is 230 g/mol. The number of halogens is 1. The lowest BCUT2D eigenvalue weighted by molar-refractivity contribution is 0.443. The van der Waals surface area contributed by atoms with Crippen LogP contribution in [0.3, 0.4) is 0 Å². The predicted molar refractivity (Wildman–Crippen MR) is 72.2 cm³/mol. The van der Waals surface area contributed by atoms with Crippen LogP contribution in [0, 0.1) is 6.57 Å². The smallest absolute Gasteiger partial charge is 0.296 e. The molecule has 1 unspecified atom stereocenters. The van der Waals surface area contributed by atoms with Gasteiger partial charge >= 0.3 is 5.50 Å². The summed E-state index contributed by atoms with van der Waals surface area (Å²) < 4.78 is 0. The molecule has 0 spiro atoms. The van der Waals surface area contributed by atoms with Crippen molar-refractivity contribution in [2.24, 2.45) is 0 Å². The second-order valence-electron chi connectivity index (χ2n) is 4.84. The van der Waals surface area contributed by atoms with Crippen molar-refractivity contribution in [3.63, 3.8) is 0 Å². The first-order chi connectivity index (χ1) is 8.29. The molecule has 2 heteroatoms. The zero-order valence-corrected chi connectivity index (χ0v) is 10.8. The van der Waals surface area contributed by atoms with Crippen LogP contribution in [0.5, 0.6) is 0 Å². The number of alkyl halides is 1. The molecule has 0 aliphatic heterocycles. The average molecular weight is 248 g/mol. The lowest BCUT2D eigenvalue weighted by Crippen LogP contribution is -2.04. The van der Waals surface area contributed by atoms with E-state index in [0.717, 1.165) is 5.92 Å². The molecule has 17 heavy (non-hydrogen) atoms. The third kappa shape index (κ3) is 3.48. The molecule has 0 bridgehead atoms. The normalized spacial score (nSPS) is 18.6. The summed E-state index contributed by atoms with van der Waals surface area (Å²) in [6, 6.07) is 8.70. The van der Waals surface area contributed by atoms with E-state index in [-0.39, 0.29) is 0 Å². The standard InChI is InChI=1S/C15H18ClN/c1-17-15(16)11-12-7-9-14(10-8-12)13-5-3-2-4-6-13/h7-10,13,15H,2-6,11H2. The number of rotatable bonds is 3. The van der Waals surface area contributed by atoms with Crippen LogP contribution in [0.1, 0.15) is 49.1 Å². The molecule has 1 nitrogen and oxygen atoms in total. The fraction of sp³-hybridized carbons (Fsp3) is 0.533. The van der Waals surface area contributed by atoms with Gasteiger partial charge in [0.15, 0.2) is 0 Å². The molecule has 0 radical (unpaired) electrons. The van der Waals surface area contributed by atoms with Crippen LogP contribution in [0.4, 0.5) is 0 Å². The van der Waals surface area contributed by atoms with Gasteiger partial charge in [0.25, 0.3) is 0 Å². The SMILES string of the molecule is [C-]#[N+]C(Cl)Cc1ccc(C2CCCCC2)cc1. The molecule has 1 fully saturated rings. The fourth-order valence-electron chi connectivity index (χ4n) is 2.60. The molecule has 0 heterocycles. The van der Waals surface area contributed by atoms with E-state index in [9.17, 15) is 0 Å². The quantitative estimate of drug-likeness (QED) is 0.412. The highest BCUT2D eigenvalue weighted by Gasteiger charge is 2.15. The van der Waals surface area contributed by atoms with E-state index < -0.39 is 5.50 Å². The molecule has 0 aromatic heterocycles. The van der Waals surface area contributed by atoms with Gasteiger partial charge in [0.1, 0.15) is 0 Å². The highest BCUT2D eigenvalue weighted by Crippen LogP contribution is 2.32. The largest absolute Gasteiger partial charge is 0.300 e. The molecule has 90 valence electrons. The minimum atomic E-state index is -0.421. The molecule has 0 N–H and O–H groups in total. The highest BCUT2D eigenvalue weighted by atomic mass is 35.5. The molecule has 1 saturated carbocycles. The van der Waals surface area contributed by atoms with Crippen LogP contribution in [-0.4, -0.2) is 5.50 Å². The second kappa shape index (κ2) is 6.07. The van der Waals surface area contributed by atoms with Crippen molar-refractivity contribution in [1.29, 1.82) is 0 Å². The molecule has 1 aliphatic carbocycles. The van der Waals surface area contributed by atoms with E-state index in [1.54, 1.807) is 0 Å². The molecule has 1 aliphatic rings. The Hall–Kier alpha value is -1.00. The van der Waals surface area contributed by atoms with Gasteiger partial charge in [0.2, 0.25) is 0 Å². The maximum Gasteiger partial charge on any atom is 0.300 e. The number of hydrogen-bond acceptors (Lipinski definition) is 0. The lowest BCUT2D eigenvalue weighted by Gasteiger charge is -2.22. The van der Waals surface area contributed by atoms with Gasteiger partial charge in [-0.2, -0.15) is 0 Å². The average Bonchev–Trinajstić information content (AvgIpc) is 2.40. The van der Waals surface area contributed by atoms with Gasteiger partial charge in [0, 0.05) is 0 Å². The Kier molecular flexibility index (Phi) is 4.45. The Balaban J connectivity index is 2.00. The van der Waals surface area contributed by atoms with E-state index in [4.69, 9.17) is 18.2 Å². The van der Waals surface area contributed by atoms with Gasteiger partial charge in [-0.15, -0.1) is 0 Å². The molecule has 0 amide bonds. The maximum atomic E-state index is 6.85. The third-order valence-corrected chi connectivity index (χ3v) is 3.85. The van der Waals surface area contributed by atoms with E-state index in [1.807, 2.05) is 0 Å². The highest BCUT2D eigenvalue weighted by molar-refractivity contribution is 6.21. The minimum Gasteiger partial charge on any atom is -0.296 e. The minimum absolute atomic E-state index is 0.421. The molecular formula is C15H18ClN. The first-order valence-electron chi connectivity index (χ1n) is 6.39. The van der Waals surface area contributed by atoms with Crippen molar-refractivity contribution in [3.8, 4) is 0 Å². The van der Waals surface area contributed by atoms with Crippen molar-refractivity contribution >= 4 is 11.6 Å². The summed E-state index contributed by atoms with van der Waals surface area (Å²) in [5.41, 5.74) is 2.21. The Labute approximate surface area is 109 Å². The van der Waals surface area contributed by atoms with Gasteiger partial charge in [-0.3, -0.25) is 4.85 Å². The lowest BCUT2D eigenvalue weighted by atomic mass is 9.84. The third-order valence-electron chi connectivity index (χ3n) is 3.60. The second-order valence-corrected chi connectivity index (χ2v) is 5.35. The van der Waals surface area contributed by atoms with Crippen molar-refractivity contribution in [3.05, 3.63) is 46.8 Å². The summed E-state index contributed by atoms with van der Waals surface area (Å²) in [6.45, 7) is 6.85. The molecule has 2 rings (SSSR count). The van der Waals surface area contributed by atoms with Gasteiger partial charge in [-0.25, -0.2) is 6.57 Å². The molecule has 0 saturated heterocycles. The van der Waals surface area contributed by atoms with Crippen molar-refractivity contribution < 1.29 is 0 Å². The number of nitrogens with zero attached hydrogens (tertiary/aromatic N) is 1. The van der Waals surface area contributed by atoms with Gasteiger partial charge in [-0.05, 0) is 41.5 Å². The van der Waals surface area contributed by atoms with Gasteiger partial charge in [0.05, 0.1) is 6.42 Å². The van der Waals surface area contributed by atoms with Crippen LogP contribution in [0.25, 0.3) is 4.85 Å². The van der Waals surface area contributed by atoms with E-state index in [0.29, 0.717) is 6.42 Å². The number of hydrogen-bond donors (Lipinski definition) is 0. The number of benzene rings is 1. The first-order valence-corrected chi connectivity index (χ1v) is 6.82. The zero-order valence-electron chi connectivity index (χ0n) is 10.0. The van der Waals surface area contributed by atoms with E-state index in [1.165, 1.54) is 43.2 Å². The summed E-state index contributed by atoms with van der Waals surface area (Å²) >= 11 is 5.83. The summed E-state index contributed by atoms with van der Waals surface area (Å²) in [6.07, 6.45) is 7.45. The fourth-order valence-corrected chi connectivity index (χ4v) is 2.78. The van der Waals surface area contributed by atoms with Crippen LogP contribution in [0.2, 0.25) is 0 Å². The molecule has 1 atom stereocenters. The van der Waals surface area contributed by atoms with Crippen LogP contribution >= 0.6 is 11.6 Å². The molecule has 1 aromatic rings. The summed E-state index contributed by atoms with van der Waals surface area (Å²) in [4.78, 5) is 3.31. The monoisotopic (exact) mass is 247 g/mol. The Bertz CT molecular complexity index is 384. The summed E-state index contributed by atoms with van der Waals surface area (Å²) in [5.74, 6) is 0.755. The summed E-state index contributed by atoms with van der Waals surface area (Å²) in [5, 5.41) is 0. The molecule has 1 aromatic carbocycles. The van der Waals surface area contributed by atoms with Gasteiger partial charge < -0.3 is 0 Å². The van der Waals surface area contributed by atoms with Crippen LogP contribution in [0.15, 0.2) is 24.3 Å². The Morgan fingerprint density at radius 2 is 1.82 bits per heavy atom. The van der Waals surface area contributed by atoms with Crippen molar-refractivity contribution in [2.45, 2.75) is 49.9 Å². The van der Waals surface area contributed by atoms with Gasteiger partial charge in [-0.1, -0.05) is 43.5 Å². The zero-order chi connectivity index (χ0) is 12.1. The summed E-state index contributed by atoms with van der Waals surface area (Å²) in [7, 11) is 0. The predicted octanol–water partition coefficient (Wildman–Crippen LogP) is 4.76. The topological polar surface area (TPSA) is 4.36 Å². The van der Waals surface area contributed by atoms with Crippen molar-refractivity contribution in [2.75, 3.05) is 0 Å². The van der Waals surface area contributed by atoms with E-state index >= 15 is 0 Å². The maximum absolute atomic E-state index is 6.85. The van der Waals surface area contributed by atoms with Crippen molar-refractivity contribution in [1.82, 2.24) is 0 Å². The van der Waals surface area contributed by atoms with Crippen LogP contribution in [-0.2, 0) is 6.42 Å². The van der Waals surface area contributed by atoms with E-state index in [2.05, 4.69) is 29.1 Å². The Morgan fingerprint density at radius 1 is 1.18 bits per heavy atom. The van der Waals surface area contributed by atoms with Crippen LogP contribution < -0.4 is 0 Å². The Morgan fingerprint density at radius 3 is 2.41 bits per heavy atom. The first kappa shape index (κ1) is 12.5.